The summed E-state index contributed by atoms with van der Waals surface area (Å²) in [6.07, 6.45) is 8.24. The molecule has 3 fully saturated rings. The maximum Gasteiger partial charge on any atom is 0.312 e. The van der Waals surface area contributed by atoms with E-state index in [2.05, 4.69) is 13.2 Å². The number of hydrogen-bond donors (Lipinski definition) is 1. The van der Waals surface area contributed by atoms with Gasteiger partial charge in [-0.2, -0.15) is 0 Å². The van der Waals surface area contributed by atoms with Gasteiger partial charge in [-0.25, -0.2) is 0 Å². The Hall–Kier alpha value is -2.68. The molecule has 224 valence electrons. The van der Waals surface area contributed by atoms with Gasteiger partial charge in [0.05, 0.1) is 28.8 Å². The van der Waals surface area contributed by atoms with Crippen molar-refractivity contribution in [2.75, 3.05) is 31.2 Å². The van der Waals surface area contributed by atoms with Gasteiger partial charge >= 0.3 is 5.97 Å². The van der Waals surface area contributed by atoms with Gasteiger partial charge in [0.15, 0.2) is 0 Å². The first kappa shape index (κ1) is 31.3. The molecular weight excluding hydrogens is 544 g/mol. The fraction of sp³-hybridized carbons (Fsp3) is 0.594. The lowest BCUT2D eigenvalue weighted by Crippen LogP contribution is -2.57. The highest BCUT2D eigenvalue weighted by molar-refractivity contribution is 6.34. The Morgan fingerprint density at radius 1 is 1.20 bits per heavy atom. The lowest BCUT2D eigenvalue weighted by atomic mass is 9.62. The summed E-state index contributed by atoms with van der Waals surface area (Å²) in [5.74, 6) is -2.74. The highest BCUT2D eigenvalue weighted by Gasteiger charge is 2.80. The number of esters is 1. The average molecular weight is 587 g/mol. The second-order valence-electron chi connectivity index (χ2n) is 11.7. The van der Waals surface area contributed by atoms with Crippen LogP contribution >= 0.6 is 11.6 Å². The largest absolute Gasteiger partial charge is 0.465 e. The molecule has 9 heteroatoms. The summed E-state index contributed by atoms with van der Waals surface area (Å²) in [5, 5.41) is 9.69. The predicted octanol–water partition coefficient (Wildman–Crippen LogP) is 4.93. The molecule has 2 amide bonds. The molecule has 0 aromatic heterocycles. The molecule has 3 aliphatic heterocycles. The fourth-order valence-electron chi connectivity index (χ4n) is 7.10. The molecule has 0 radical (unpaired) electrons. The zero-order valence-electron chi connectivity index (χ0n) is 24.2. The van der Waals surface area contributed by atoms with E-state index in [9.17, 15) is 19.5 Å². The van der Waals surface area contributed by atoms with E-state index in [1.165, 1.54) is 0 Å². The summed E-state index contributed by atoms with van der Waals surface area (Å²) in [5.41, 5.74) is -1.59. The number of carbonyl (C=O) groups excluding carboxylic acids is 3. The van der Waals surface area contributed by atoms with Crippen molar-refractivity contribution in [3.63, 3.8) is 0 Å². The number of fused-ring (bicyclic) bond motifs is 1. The number of para-hydroxylation sites is 1. The smallest absolute Gasteiger partial charge is 0.312 e. The molecule has 0 saturated carbocycles. The maximum absolute atomic E-state index is 14.6. The van der Waals surface area contributed by atoms with E-state index < -0.39 is 35.0 Å². The van der Waals surface area contributed by atoms with E-state index in [-0.39, 0.29) is 37.5 Å². The molecule has 3 unspecified atom stereocenters. The number of nitrogens with zero attached hydrogens (tertiary/aromatic N) is 2. The minimum atomic E-state index is -1.17. The molecule has 3 heterocycles. The molecule has 1 aromatic rings. The van der Waals surface area contributed by atoms with Gasteiger partial charge in [-0.05, 0) is 69.9 Å². The number of aliphatic hydroxyl groups is 1. The van der Waals surface area contributed by atoms with Crippen molar-refractivity contribution in [2.24, 2.45) is 17.8 Å². The number of allylic oxidation sites excluding steroid dienone is 1. The molecule has 4 rings (SSSR count). The van der Waals surface area contributed by atoms with Gasteiger partial charge in [0, 0.05) is 19.7 Å². The van der Waals surface area contributed by atoms with Crippen molar-refractivity contribution >= 4 is 35.1 Å². The molecule has 1 spiro atoms. The van der Waals surface area contributed by atoms with E-state index >= 15 is 0 Å². The Bertz CT molecular complexity index is 1160. The highest BCUT2D eigenvalue weighted by atomic mass is 35.5. The Balaban J connectivity index is 1.72. The molecule has 1 aromatic carbocycles. The van der Waals surface area contributed by atoms with Gasteiger partial charge in [0.25, 0.3) is 5.91 Å². The number of unbranched alkanes of at least 4 members (excludes halogenated alkanes) is 4. The quantitative estimate of drug-likeness (QED) is 0.178. The normalized spacial score (nSPS) is 29.9. The summed E-state index contributed by atoms with van der Waals surface area (Å²) in [7, 11) is 0. The number of halogens is 1. The van der Waals surface area contributed by atoms with Crippen LogP contribution in [-0.2, 0) is 23.9 Å². The minimum Gasteiger partial charge on any atom is -0.465 e. The van der Waals surface area contributed by atoms with Crippen molar-refractivity contribution in [3.8, 4) is 0 Å². The second-order valence-corrected chi connectivity index (χ2v) is 12.1. The van der Waals surface area contributed by atoms with Crippen LogP contribution in [0.25, 0.3) is 0 Å². The van der Waals surface area contributed by atoms with Gasteiger partial charge < -0.3 is 24.4 Å². The molecule has 3 aliphatic rings. The van der Waals surface area contributed by atoms with Gasteiger partial charge in [-0.15, -0.1) is 13.2 Å². The zero-order chi connectivity index (χ0) is 29.8. The number of aliphatic hydroxyl groups excluding tert-OH is 1. The number of hydrogen-bond acceptors (Lipinski definition) is 6. The first-order chi connectivity index (χ1) is 19.7. The maximum atomic E-state index is 14.6. The molecule has 0 aliphatic carbocycles. The molecule has 6 atom stereocenters. The van der Waals surface area contributed by atoms with Crippen LogP contribution in [0.1, 0.15) is 58.8 Å². The first-order valence-corrected chi connectivity index (χ1v) is 15.1. The van der Waals surface area contributed by atoms with Crippen LogP contribution in [-0.4, -0.2) is 71.3 Å². The Kier molecular flexibility index (Phi) is 9.98. The summed E-state index contributed by atoms with van der Waals surface area (Å²) in [4.78, 5) is 45.7. The van der Waals surface area contributed by atoms with Crippen molar-refractivity contribution in [3.05, 3.63) is 54.6 Å². The number of ether oxygens (including phenoxy) is 2. The lowest BCUT2D eigenvalue weighted by molar-refractivity contribution is -0.161. The average Bonchev–Trinajstić information content (AvgIpc) is 3.46. The van der Waals surface area contributed by atoms with Crippen LogP contribution in [0.15, 0.2) is 49.6 Å². The summed E-state index contributed by atoms with van der Waals surface area (Å²) < 4.78 is 12.5. The van der Waals surface area contributed by atoms with Crippen LogP contribution in [0.2, 0.25) is 5.02 Å². The molecule has 2 bridgehead atoms. The minimum absolute atomic E-state index is 0.0577. The number of likely N-dealkylation sites (tertiary alicyclic amines) is 1. The second kappa shape index (κ2) is 13.1. The van der Waals surface area contributed by atoms with Crippen LogP contribution in [0.3, 0.4) is 0 Å². The monoisotopic (exact) mass is 586 g/mol. The van der Waals surface area contributed by atoms with Crippen molar-refractivity contribution in [1.29, 1.82) is 0 Å². The lowest BCUT2D eigenvalue weighted by Gasteiger charge is -2.37. The van der Waals surface area contributed by atoms with Crippen molar-refractivity contribution in [1.82, 2.24) is 4.90 Å². The van der Waals surface area contributed by atoms with Crippen LogP contribution in [0, 0.1) is 17.8 Å². The SMILES string of the molecule is C=CCCCCOC(=O)[C@H]1[C@H]2C(=O)N(CCCCCO)C(C(=O)N(CC=C)c3ccccc3Cl)C23CC(C)[C@]1(C)O3. The summed E-state index contributed by atoms with van der Waals surface area (Å²) >= 11 is 6.54. The molecule has 41 heavy (non-hydrogen) atoms. The Morgan fingerprint density at radius 2 is 1.95 bits per heavy atom. The van der Waals surface area contributed by atoms with Crippen LogP contribution < -0.4 is 4.90 Å². The van der Waals surface area contributed by atoms with E-state index in [0.717, 1.165) is 12.8 Å². The molecular formula is C32H43ClN2O6. The van der Waals surface area contributed by atoms with Crippen LogP contribution in [0.4, 0.5) is 5.69 Å². The number of rotatable bonds is 15. The van der Waals surface area contributed by atoms with Gasteiger partial charge in [0.2, 0.25) is 5.91 Å². The zero-order valence-corrected chi connectivity index (χ0v) is 25.0. The third-order valence-corrected chi connectivity index (χ3v) is 9.45. The number of anilines is 1. The van der Waals surface area contributed by atoms with Crippen molar-refractivity contribution < 1.29 is 29.0 Å². The van der Waals surface area contributed by atoms with E-state index in [1.54, 1.807) is 40.1 Å². The standard InChI is InChI=1S/C32H43ClN2O6/c1-5-7-8-14-20-40-30(39)26-25-28(37)35(18-12-9-13-19-36)27(32(25)21-22(3)31(26,4)41-32)29(38)34(17-6-2)24-16-11-10-15-23(24)33/h5-6,10-11,15-16,22,25-27,36H,1-2,7-9,12-14,17-21H2,3-4H3/t22?,25-,26+,27?,31-,32?/m0/s1. The topological polar surface area (TPSA) is 96.4 Å². The van der Waals surface area contributed by atoms with Crippen LogP contribution in [0.5, 0.6) is 0 Å². The Labute approximate surface area is 248 Å². The van der Waals surface area contributed by atoms with Gasteiger partial charge in [0.1, 0.15) is 17.6 Å². The predicted molar refractivity (Wildman–Crippen MR) is 158 cm³/mol. The Morgan fingerprint density at radius 3 is 2.63 bits per heavy atom. The molecule has 8 nitrogen and oxygen atoms in total. The third kappa shape index (κ3) is 5.58. The summed E-state index contributed by atoms with van der Waals surface area (Å²) in [6.45, 7) is 12.3. The number of amides is 2. The third-order valence-electron chi connectivity index (χ3n) is 9.13. The van der Waals surface area contributed by atoms with Crippen molar-refractivity contribution in [2.45, 2.75) is 76.0 Å². The van der Waals surface area contributed by atoms with Gasteiger partial charge in [-0.1, -0.05) is 42.8 Å². The first-order valence-electron chi connectivity index (χ1n) is 14.7. The number of benzene rings is 1. The molecule has 1 N–H and O–H groups in total. The highest BCUT2D eigenvalue weighted by Crippen LogP contribution is 2.65. The fourth-order valence-corrected chi connectivity index (χ4v) is 7.33. The van der Waals surface area contributed by atoms with Gasteiger partial charge in [-0.3, -0.25) is 14.4 Å². The summed E-state index contributed by atoms with van der Waals surface area (Å²) in [6, 6.07) is 6.14. The van der Waals surface area contributed by atoms with E-state index in [4.69, 9.17) is 21.1 Å². The van der Waals surface area contributed by atoms with E-state index in [0.29, 0.717) is 49.4 Å². The number of carbonyl (C=O) groups is 3. The molecule has 3 saturated heterocycles. The van der Waals surface area contributed by atoms with E-state index in [1.807, 2.05) is 19.9 Å².